The van der Waals surface area contributed by atoms with Crippen molar-refractivity contribution in [1.29, 1.82) is 0 Å². The van der Waals surface area contributed by atoms with E-state index < -0.39 is 0 Å². The van der Waals surface area contributed by atoms with Crippen molar-refractivity contribution in [2.75, 3.05) is 31.2 Å². The molecule has 0 aromatic carbocycles. The van der Waals surface area contributed by atoms with Crippen LogP contribution in [0.5, 0.6) is 0 Å². The van der Waals surface area contributed by atoms with Crippen molar-refractivity contribution in [3.05, 3.63) is 22.4 Å². The number of pyridine rings is 1. The van der Waals surface area contributed by atoms with Crippen molar-refractivity contribution < 1.29 is 4.74 Å². The highest BCUT2D eigenvalue weighted by Gasteiger charge is 2.27. The molecule has 1 atom stereocenters. The van der Waals surface area contributed by atoms with E-state index in [9.17, 15) is 0 Å². The van der Waals surface area contributed by atoms with Gasteiger partial charge in [-0.2, -0.15) is 0 Å². The van der Waals surface area contributed by atoms with Gasteiger partial charge in [0.1, 0.15) is 4.60 Å². The maximum Gasteiger partial charge on any atom is 0.106 e. The number of hydrogen-bond donors (Lipinski definition) is 1. The molecule has 0 saturated carbocycles. The van der Waals surface area contributed by atoms with Gasteiger partial charge in [0.2, 0.25) is 0 Å². The summed E-state index contributed by atoms with van der Waals surface area (Å²) in [5.41, 5.74) is 2.38. The Balaban J connectivity index is 2.00. The first-order valence-electron chi connectivity index (χ1n) is 5.55. The molecule has 3 rings (SSSR count). The molecule has 1 saturated heterocycles. The van der Waals surface area contributed by atoms with E-state index in [1.165, 1.54) is 5.69 Å². The van der Waals surface area contributed by atoms with Crippen LogP contribution in [0.25, 0.3) is 0 Å². The molecule has 86 valence electrons. The first-order valence-corrected chi connectivity index (χ1v) is 6.34. The summed E-state index contributed by atoms with van der Waals surface area (Å²) in [5, 5.41) is 3.42. The van der Waals surface area contributed by atoms with Crippen molar-refractivity contribution >= 4 is 21.6 Å². The van der Waals surface area contributed by atoms with Crippen molar-refractivity contribution in [2.24, 2.45) is 0 Å². The van der Waals surface area contributed by atoms with Gasteiger partial charge in [-0.15, -0.1) is 0 Å². The zero-order valence-corrected chi connectivity index (χ0v) is 10.5. The average molecular weight is 284 g/mol. The molecular formula is C11H14BrN3O. The van der Waals surface area contributed by atoms with Crippen LogP contribution in [0.3, 0.4) is 0 Å². The number of hydrogen-bond acceptors (Lipinski definition) is 4. The molecule has 4 nitrogen and oxygen atoms in total. The Hall–Kier alpha value is -0.650. The lowest BCUT2D eigenvalue weighted by Gasteiger charge is -2.36. The number of rotatable bonds is 0. The van der Waals surface area contributed by atoms with Gasteiger partial charge in [-0.25, -0.2) is 4.98 Å². The Morgan fingerprint density at radius 1 is 1.50 bits per heavy atom. The molecule has 1 N–H and O–H groups in total. The SMILES string of the molecule is Brc1ccc2c(n1)CNCC1COCCN21. The number of morpholine rings is 1. The van der Waals surface area contributed by atoms with Gasteiger partial charge >= 0.3 is 0 Å². The van der Waals surface area contributed by atoms with Crippen molar-refractivity contribution in [3.8, 4) is 0 Å². The highest BCUT2D eigenvalue weighted by molar-refractivity contribution is 9.10. The Morgan fingerprint density at radius 3 is 3.38 bits per heavy atom. The Morgan fingerprint density at radius 2 is 2.44 bits per heavy atom. The van der Waals surface area contributed by atoms with Crippen molar-refractivity contribution in [1.82, 2.24) is 10.3 Å². The molecule has 1 aromatic rings. The van der Waals surface area contributed by atoms with Crippen LogP contribution in [0.15, 0.2) is 16.7 Å². The molecule has 1 fully saturated rings. The van der Waals surface area contributed by atoms with Crippen LogP contribution in [-0.2, 0) is 11.3 Å². The van der Waals surface area contributed by atoms with Gasteiger partial charge in [0.05, 0.1) is 30.6 Å². The van der Waals surface area contributed by atoms with E-state index >= 15 is 0 Å². The number of ether oxygens (including phenoxy) is 1. The predicted molar refractivity (Wildman–Crippen MR) is 65.6 cm³/mol. The molecule has 0 spiro atoms. The van der Waals surface area contributed by atoms with Crippen LogP contribution in [-0.4, -0.2) is 37.3 Å². The fraction of sp³-hybridized carbons (Fsp3) is 0.545. The molecule has 0 bridgehead atoms. The zero-order chi connectivity index (χ0) is 11.0. The zero-order valence-electron chi connectivity index (χ0n) is 8.95. The van der Waals surface area contributed by atoms with E-state index in [1.807, 2.05) is 6.07 Å². The largest absolute Gasteiger partial charge is 0.377 e. The van der Waals surface area contributed by atoms with Gasteiger partial charge in [-0.05, 0) is 28.1 Å². The summed E-state index contributed by atoms with van der Waals surface area (Å²) < 4.78 is 6.42. The highest BCUT2D eigenvalue weighted by atomic mass is 79.9. The third-order valence-electron chi connectivity index (χ3n) is 3.13. The smallest absolute Gasteiger partial charge is 0.106 e. The summed E-state index contributed by atoms with van der Waals surface area (Å²) in [6.45, 7) is 4.38. The number of anilines is 1. The Labute approximate surface area is 103 Å². The molecular weight excluding hydrogens is 270 g/mol. The fourth-order valence-electron chi connectivity index (χ4n) is 2.36. The van der Waals surface area contributed by atoms with E-state index in [2.05, 4.69) is 37.2 Å². The Kier molecular flexibility index (Phi) is 2.83. The number of aromatic nitrogens is 1. The first kappa shape index (κ1) is 10.5. The summed E-state index contributed by atoms with van der Waals surface area (Å²) in [7, 11) is 0. The number of fused-ring (bicyclic) bond motifs is 3. The monoisotopic (exact) mass is 283 g/mol. The van der Waals surface area contributed by atoms with Crippen molar-refractivity contribution in [3.63, 3.8) is 0 Å². The van der Waals surface area contributed by atoms with Crippen LogP contribution in [0.4, 0.5) is 5.69 Å². The lowest BCUT2D eigenvalue weighted by molar-refractivity contribution is 0.0947. The van der Waals surface area contributed by atoms with Crippen molar-refractivity contribution in [2.45, 2.75) is 12.6 Å². The van der Waals surface area contributed by atoms with Crippen LogP contribution in [0.2, 0.25) is 0 Å². The minimum atomic E-state index is 0.443. The van der Waals surface area contributed by atoms with Gasteiger partial charge in [0.15, 0.2) is 0 Å². The second-order valence-electron chi connectivity index (χ2n) is 4.15. The maximum atomic E-state index is 5.52. The number of nitrogens with one attached hydrogen (secondary N) is 1. The quantitative estimate of drug-likeness (QED) is 0.725. The van der Waals surface area contributed by atoms with Gasteiger partial charge in [0, 0.05) is 19.6 Å². The molecule has 1 unspecified atom stereocenters. The first-order chi connectivity index (χ1) is 7.84. The summed E-state index contributed by atoms with van der Waals surface area (Å²) in [4.78, 5) is 6.95. The van der Waals surface area contributed by atoms with Crippen LogP contribution < -0.4 is 10.2 Å². The van der Waals surface area contributed by atoms with Gasteiger partial charge < -0.3 is 15.0 Å². The Bertz CT molecular complexity index is 399. The van der Waals surface area contributed by atoms with Crippen LogP contribution in [0, 0.1) is 0 Å². The van der Waals surface area contributed by atoms with Gasteiger partial charge in [-0.3, -0.25) is 0 Å². The average Bonchev–Trinajstić information content (AvgIpc) is 2.47. The van der Waals surface area contributed by atoms with E-state index in [-0.39, 0.29) is 0 Å². The van der Waals surface area contributed by atoms with Gasteiger partial charge in [0.25, 0.3) is 0 Å². The fourth-order valence-corrected chi connectivity index (χ4v) is 2.70. The van der Waals surface area contributed by atoms with E-state index in [0.29, 0.717) is 6.04 Å². The predicted octanol–water partition coefficient (Wildman–Crippen LogP) is 1.15. The van der Waals surface area contributed by atoms with Gasteiger partial charge in [-0.1, -0.05) is 0 Å². The standard InChI is InChI=1S/C11H14BrN3O/c12-11-2-1-10-9(14-11)6-13-5-8-7-16-4-3-15(8)10/h1-2,8,13H,3-7H2. The number of halogens is 1. The van der Waals surface area contributed by atoms with Crippen LogP contribution >= 0.6 is 15.9 Å². The van der Waals surface area contributed by atoms with E-state index in [1.54, 1.807) is 0 Å². The summed E-state index contributed by atoms with van der Waals surface area (Å²) in [6.07, 6.45) is 0. The maximum absolute atomic E-state index is 5.52. The minimum Gasteiger partial charge on any atom is -0.377 e. The molecule has 2 aliphatic rings. The lowest BCUT2D eigenvalue weighted by Crippen LogP contribution is -2.49. The molecule has 0 radical (unpaired) electrons. The molecule has 3 heterocycles. The normalized spacial score (nSPS) is 24.6. The minimum absolute atomic E-state index is 0.443. The molecule has 0 aliphatic carbocycles. The van der Waals surface area contributed by atoms with E-state index in [0.717, 1.165) is 43.1 Å². The third kappa shape index (κ3) is 1.83. The second kappa shape index (κ2) is 4.31. The summed E-state index contributed by atoms with van der Waals surface area (Å²) >= 11 is 3.42. The highest BCUT2D eigenvalue weighted by Crippen LogP contribution is 2.26. The number of nitrogens with zero attached hydrogens (tertiary/aromatic N) is 2. The third-order valence-corrected chi connectivity index (χ3v) is 3.57. The molecule has 1 aromatic heterocycles. The van der Waals surface area contributed by atoms with E-state index in [4.69, 9.17) is 4.74 Å². The lowest BCUT2D eigenvalue weighted by atomic mass is 10.2. The topological polar surface area (TPSA) is 37.4 Å². The van der Waals surface area contributed by atoms with Crippen LogP contribution in [0.1, 0.15) is 5.69 Å². The summed E-state index contributed by atoms with van der Waals surface area (Å²) in [6, 6.07) is 4.60. The molecule has 5 heteroatoms. The summed E-state index contributed by atoms with van der Waals surface area (Å²) in [5.74, 6) is 0. The molecule has 0 amide bonds. The molecule has 2 aliphatic heterocycles. The molecule has 16 heavy (non-hydrogen) atoms. The second-order valence-corrected chi connectivity index (χ2v) is 4.97.